The third-order valence-corrected chi connectivity index (χ3v) is 9.64. The molecule has 2 aliphatic heterocycles. The Bertz CT molecular complexity index is 2580. The molecule has 17 nitrogen and oxygen atoms in total. The molecule has 0 spiro atoms. The Hall–Kier alpha value is -6.33. The Morgan fingerprint density at radius 2 is 1.43 bits per heavy atom. The molecule has 2 saturated heterocycles. The third-order valence-electron chi connectivity index (χ3n) is 9.19. The van der Waals surface area contributed by atoms with Gasteiger partial charge in [0.05, 0.1) is 25.2 Å². The number of aromatic nitrogens is 6. The molecule has 9 rings (SSSR count). The number of rotatable bonds is 8. The quantitative estimate of drug-likeness (QED) is 0.0827. The van der Waals surface area contributed by atoms with E-state index in [9.17, 15) is 24.0 Å². The minimum absolute atomic E-state index is 0.00393. The van der Waals surface area contributed by atoms with Gasteiger partial charge in [-0.3, -0.25) is 34.7 Å². The zero-order chi connectivity index (χ0) is 40.9. The van der Waals surface area contributed by atoms with Gasteiger partial charge in [-0.15, -0.1) is 0 Å². The van der Waals surface area contributed by atoms with Crippen LogP contribution in [0.4, 0.5) is 27.9 Å². The van der Waals surface area contributed by atoms with Crippen molar-refractivity contribution in [3.05, 3.63) is 81.2 Å². The highest BCUT2D eigenvalue weighted by Crippen LogP contribution is 2.35. The highest BCUT2D eigenvalue weighted by molar-refractivity contribution is 6.30. The van der Waals surface area contributed by atoms with Crippen LogP contribution in [0.2, 0.25) is 10.2 Å². The fourth-order valence-electron chi connectivity index (χ4n) is 6.27. The summed E-state index contributed by atoms with van der Waals surface area (Å²) in [5.74, 6) is 0.418. The van der Waals surface area contributed by atoms with E-state index in [1.165, 1.54) is 10.7 Å². The first-order chi connectivity index (χ1) is 27.7. The van der Waals surface area contributed by atoms with Crippen LogP contribution in [0, 0.1) is 0 Å². The maximum atomic E-state index is 12.9. The van der Waals surface area contributed by atoms with Gasteiger partial charge in [-0.2, -0.15) is 19.2 Å². The Kier molecular flexibility index (Phi) is 10.1. The summed E-state index contributed by atoms with van der Waals surface area (Å²) in [6.45, 7) is 5.41. The molecule has 4 aromatic heterocycles. The van der Waals surface area contributed by atoms with Crippen LogP contribution >= 0.6 is 23.2 Å². The monoisotopic (exact) mass is 825 g/mol. The van der Waals surface area contributed by atoms with E-state index in [-0.39, 0.29) is 41.8 Å². The maximum Gasteiger partial charge on any atom is 0.416 e. The van der Waals surface area contributed by atoms with E-state index >= 15 is 0 Å². The standard InChI is InChI=1S/C20H17ClN6O2.C19H20ClN5O4/c21-13-1-3-14(4-2-13)23-16-9-17(24-15-5-6-15)27-19(25-16)12(10-22-27)7-11-8-18(28)26-20(11)29;1-19(2,3)29-18(28)24(12-4-5-12)15-8-13(20)22-16-11(9-21-25(15)16)6-10-7-14(26)23-17(10)27/h1-4,7,9-10,15,24H,5-6,8H2,(H,23,25)(H,26,28,29);6,8-9,12H,4-5,7H2,1-3H3,(H,23,26,27)/b11-7+;10-6+. The van der Waals surface area contributed by atoms with Crippen LogP contribution in [0.25, 0.3) is 23.4 Å². The molecule has 4 fully saturated rings. The predicted octanol–water partition coefficient (Wildman–Crippen LogP) is 5.85. The van der Waals surface area contributed by atoms with E-state index < -0.39 is 17.6 Å². The largest absolute Gasteiger partial charge is 0.443 e. The molecule has 0 unspecified atom stereocenters. The molecular weight excluding hydrogens is 789 g/mol. The van der Waals surface area contributed by atoms with Gasteiger partial charge in [-0.05, 0) is 82.9 Å². The first-order valence-corrected chi connectivity index (χ1v) is 19.3. The van der Waals surface area contributed by atoms with E-state index in [2.05, 4.69) is 41.4 Å². The second-order valence-corrected chi connectivity index (χ2v) is 16.0. The molecule has 6 heterocycles. The van der Waals surface area contributed by atoms with Gasteiger partial charge in [-0.25, -0.2) is 14.8 Å². The number of hydrogen-bond donors (Lipinski definition) is 4. The van der Waals surface area contributed by atoms with Crippen molar-refractivity contribution in [1.29, 1.82) is 0 Å². The summed E-state index contributed by atoms with van der Waals surface area (Å²) in [6, 6.07) is 11.2. The van der Waals surface area contributed by atoms with Crippen LogP contribution in [0.15, 0.2) is 59.9 Å². The van der Waals surface area contributed by atoms with Crippen molar-refractivity contribution in [1.82, 2.24) is 39.8 Å². The lowest BCUT2D eigenvalue weighted by atomic mass is 10.1. The summed E-state index contributed by atoms with van der Waals surface area (Å²) in [5.41, 5.74) is 3.08. The number of nitrogens with one attached hydrogen (secondary N) is 4. The molecule has 2 aliphatic carbocycles. The second kappa shape index (κ2) is 15.2. The number of carbonyl (C=O) groups excluding carboxylic acids is 5. The molecule has 5 amide bonds. The van der Waals surface area contributed by atoms with E-state index in [4.69, 9.17) is 27.9 Å². The number of hydrogen-bond acceptors (Lipinski definition) is 12. The number of fused-ring (bicyclic) bond motifs is 2. The number of anilines is 4. The van der Waals surface area contributed by atoms with E-state index in [1.807, 2.05) is 18.2 Å². The molecule has 298 valence electrons. The fourth-order valence-corrected chi connectivity index (χ4v) is 6.57. The van der Waals surface area contributed by atoms with Crippen LogP contribution in [0.5, 0.6) is 0 Å². The topological polar surface area (TPSA) is 206 Å². The Labute approximate surface area is 340 Å². The molecular formula is C39H37Cl2N11O6. The van der Waals surface area contributed by atoms with Crippen molar-refractivity contribution in [3.63, 3.8) is 0 Å². The predicted molar refractivity (Wildman–Crippen MR) is 216 cm³/mol. The first kappa shape index (κ1) is 38.5. The summed E-state index contributed by atoms with van der Waals surface area (Å²) < 4.78 is 8.77. The average molecular weight is 827 g/mol. The van der Waals surface area contributed by atoms with E-state index in [0.717, 1.165) is 37.2 Å². The molecule has 0 atom stereocenters. The van der Waals surface area contributed by atoms with Gasteiger partial charge in [0.15, 0.2) is 11.3 Å². The van der Waals surface area contributed by atoms with Crippen molar-refractivity contribution < 1.29 is 28.7 Å². The lowest BCUT2D eigenvalue weighted by molar-refractivity contribution is -0.125. The summed E-state index contributed by atoms with van der Waals surface area (Å²) in [5, 5.41) is 20.9. The molecule has 5 aromatic rings. The lowest BCUT2D eigenvalue weighted by Gasteiger charge is -2.27. The fraction of sp³-hybridized carbons (Fsp3) is 0.308. The lowest BCUT2D eigenvalue weighted by Crippen LogP contribution is -2.39. The van der Waals surface area contributed by atoms with Crippen molar-refractivity contribution >= 4 is 99.5 Å². The summed E-state index contributed by atoms with van der Waals surface area (Å²) in [4.78, 5) is 70.1. The van der Waals surface area contributed by atoms with Crippen molar-refractivity contribution in [2.45, 2.75) is 77.0 Å². The van der Waals surface area contributed by atoms with E-state index in [0.29, 0.717) is 56.3 Å². The molecule has 4 aliphatic rings. The zero-order valence-corrected chi connectivity index (χ0v) is 33.0. The van der Waals surface area contributed by atoms with Crippen LogP contribution < -0.4 is 26.2 Å². The number of ether oxygens (including phenoxy) is 1. The Morgan fingerprint density at radius 1 is 0.845 bits per heavy atom. The molecule has 58 heavy (non-hydrogen) atoms. The molecule has 0 bridgehead atoms. The van der Waals surface area contributed by atoms with Crippen LogP contribution in [-0.2, 0) is 23.9 Å². The number of amides is 5. The van der Waals surface area contributed by atoms with Gasteiger partial charge < -0.3 is 15.4 Å². The Balaban J connectivity index is 0.000000162. The van der Waals surface area contributed by atoms with Crippen molar-refractivity contribution in [2.75, 3.05) is 15.5 Å². The molecule has 2 saturated carbocycles. The number of nitrogens with zero attached hydrogens (tertiary/aromatic N) is 7. The van der Waals surface area contributed by atoms with Gasteiger partial charge in [0.2, 0.25) is 11.8 Å². The molecule has 0 radical (unpaired) electrons. The summed E-state index contributed by atoms with van der Waals surface area (Å²) >= 11 is 12.2. The summed E-state index contributed by atoms with van der Waals surface area (Å²) in [6.07, 6.45) is 9.90. The molecule has 4 N–H and O–H groups in total. The van der Waals surface area contributed by atoms with Crippen LogP contribution in [0.1, 0.15) is 70.4 Å². The normalized spacial score (nSPS) is 18.1. The van der Waals surface area contributed by atoms with Gasteiger partial charge in [0, 0.05) is 57.2 Å². The number of benzene rings is 1. The van der Waals surface area contributed by atoms with Gasteiger partial charge in [0.25, 0.3) is 11.8 Å². The SMILES string of the molecule is CC(C)(C)OC(=O)N(c1cc(Cl)nc2c(/C=C3\CC(=O)NC3=O)cnn12)C1CC1.O=C1C/C(=C\c2cnn3c(NC4CC4)cc(Nc4ccc(Cl)cc4)nc23)C(=O)N1. The minimum Gasteiger partial charge on any atom is -0.443 e. The minimum atomic E-state index is -0.651. The number of halogens is 2. The Morgan fingerprint density at radius 3 is 1.97 bits per heavy atom. The smallest absolute Gasteiger partial charge is 0.416 e. The molecule has 1 aromatic carbocycles. The van der Waals surface area contributed by atoms with Gasteiger partial charge >= 0.3 is 6.09 Å². The molecule has 19 heteroatoms. The third kappa shape index (κ3) is 8.64. The average Bonchev–Trinajstić information content (AvgIpc) is 4.02. The highest BCUT2D eigenvalue weighted by atomic mass is 35.5. The van der Waals surface area contributed by atoms with Crippen LogP contribution in [-0.4, -0.2) is 76.6 Å². The second-order valence-electron chi connectivity index (χ2n) is 15.2. The van der Waals surface area contributed by atoms with Gasteiger partial charge in [0.1, 0.15) is 28.2 Å². The highest BCUT2D eigenvalue weighted by Gasteiger charge is 2.38. The van der Waals surface area contributed by atoms with E-state index in [1.54, 1.807) is 66.7 Å². The van der Waals surface area contributed by atoms with Gasteiger partial charge in [-0.1, -0.05) is 23.2 Å². The van der Waals surface area contributed by atoms with Crippen molar-refractivity contribution in [3.8, 4) is 0 Å². The number of imide groups is 2. The summed E-state index contributed by atoms with van der Waals surface area (Å²) in [7, 11) is 0. The number of carbonyl (C=O) groups is 5. The maximum absolute atomic E-state index is 12.9. The van der Waals surface area contributed by atoms with Crippen LogP contribution in [0.3, 0.4) is 0 Å². The zero-order valence-electron chi connectivity index (χ0n) is 31.5. The first-order valence-electron chi connectivity index (χ1n) is 18.5. The van der Waals surface area contributed by atoms with Crippen molar-refractivity contribution in [2.24, 2.45) is 0 Å².